The molecule has 1 fully saturated rings. The number of hydrogen-bond donors (Lipinski definition) is 1. The van der Waals surface area contributed by atoms with Gasteiger partial charge in [-0.15, -0.1) is 11.8 Å². The molecule has 1 aromatic carbocycles. The third-order valence-electron chi connectivity index (χ3n) is 4.09. The molecule has 3 rings (SSSR count). The topological polar surface area (TPSA) is 67.9 Å². The maximum atomic E-state index is 12.4. The van der Waals surface area contributed by atoms with E-state index in [1.165, 1.54) is 0 Å². The van der Waals surface area contributed by atoms with Gasteiger partial charge in [0.1, 0.15) is 17.2 Å². The Balaban J connectivity index is 1.55. The first kappa shape index (κ1) is 16.9. The van der Waals surface area contributed by atoms with Crippen LogP contribution in [0.2, 0.25) is 0 Å². The lowest BCUT2D eigenvalue weighted by Gasteiger charge is -2.52. The van der Waals surface area contributed by atoms with Crippen molar-refractivity contribution in [3.63, 3.8) is 0 Å². The molecule has 1 saturated heterocycles. The van der Waals surface area contributed by atoms with Crippen LogP contribution in [0, 0.1) is 0 Å². The van der Waals surface area contributed by atoms with E-state index in [0.717, 1.165) is 5.57 Å². The van der Waals surface area contributed by atoms with Gasteiger partial charge in [-0.05, 0) is 30.0 Å². The van der Waals surface area contributed by atoms with E-state index in [0.29, 0.717) is 12.4 Å². The van der Waals surface area contributed by atoms with E-state index in [1.54, 1.807) is 35.9 Å². The van der Waals surface area contributed by atoms with Crippen LogP contribution in [0.15, 0.2) is 41.3 Å². The summed E-state index contributed by atoms with van der Waals surface area (Å²) in [6.45, 7) is 2.34. The van der Waals surface area contributed by atoms with Gasteiger partial charge in [-0.25, -0.2) is 0 Å². The van der Waals surface area contributed by atoms with Crippen LogP contribution in [0.5, 0.6) is 5.75 Å². The highest BCUT2D eigenvalue weighted by Gasteiger charge is 2.53. The van der Waals surface area contributed by atoms with E-state index in [4.69, 9.17) is 9.47 Å². The zero-order valence-corrected chi connectivity index (χ0v) is 14.4. The van der Waals surface area contributed by atoms with Crippen LogP contribution in [0.25, 0.3) is 0 Å². The minimum Gasteiger partial charge on any atom is -0.484 e. The van der Waals surface area contributed by atoms with Gasteiger partial charge in [0.15, 0.2) is 6.61 Å². The number of hydrogen-bond acceptors (Lipinski definition) is 5. The van der Waals surface area contributed by atoms with Gasteiger partial charge >= 0.3 is 0 Å². The zero-order valence-electron chi connectivity index (χ0n) is 13.6. The van der Waals surface area contributed by atoms with Gasteiger partial charge in [0.05, 0.1) is 12.6 Å². The van der Waals surface area contributed by atoms with Crippen molar-refractivity contribution >= 4 is 23.6 Å². The van der Waals surface area contributed by atoms with Gasteiger partial charge < -0.3 is 19.7 Å². The van der Waals surface area contributed by atoms with Crippen LogP contribution >= 0.6 is 11.8 Å². The van der Waals surface area contributed by atoms with E-state index < -0.39 is 6.04 Å². The Bertz CT molecular complexity index is 649. The van der Waals surface area contributed by atoms with Crippen LogP contribution in [-0.2, 0) is 14.3 Å². The molecule has 0 aromatic heterocycles. The third kappa shape index (κ3) is 3.27. The number of para-hydroxylation sites is 1. The van der Waals surface area contributed by atoms with Gasteiger partial charge in [0.25, 0.3) is 5.91 Å². The molecular weight excluding hydrogens is 328 g/mol. The van der Waals surface area contributed by atoms with E-state index in [1.807, 2.05) is 30.5 Å². The minimum absolute atomic E-state index is 0.0533. The highest BCUT2D eigenvalue weighted by molar-refractivity contribution is 8.02. The molecule has 128 valence electrons. The lowest BCUT2D eigenvalue weighted by atomic mass is 9.99. The van der Waals surface area contributed by atoms with E-state index in [-0.39, 0.29) is 29.8 Å². The summed E-state index contributed by atoms with van der Waals surface area (Å²) in [7, 11) is 1.62. The normalized spacial score (nSPS) is 25.4. The van der Waals surface area contributed by atoms with Crippen molar-refractivity contribution in [1.29, 1.82) is 0 Å². The van der Waals surface area contributed by atoms with E-state index in [9.17, 15) is 9.59 Å². The average Bonchev–Trinajstić information content (AvgIpc) is 2.60. The predicted octanol–water partition coefficient (Wildman–Crippen LogP) is 1.38. The second kappa shape index (κ2) is 7.27. The Morgan fingerprint density at radius 2 is 2.08 bits per heavy atom. The maximum absolute atomic E-state index is 12.4. The predicted molar refractivity (Wildman–Crippen MR) is 91.5 cm³/mol. The summed E-state index contributed by atoms with van der Waals surface area (Å²) in [5.74, 6) is 0.252. The van der Waals surface area contributed by atoms with Crippen molar-refractivity contribution in [3.05, 3.63) is 41.3 Å². The smallest absolute Gasteiger partial charge is 0.258 e. The van der Waals surface area contributed by atoms with Gasteiger partial charge in [0.2, 0.25) is 5.91 Å². The van der Waals surface area contributed by atoms with Crippen molar-refractivity contribution in [1.82, 2.24) is 10.2 Å². The molecule has 3 atom stereocenters. The summed E-state index contributed by atoms with van der Waals surface area (Å²) in [4.78, 5) is 26.3. The van der Waals surface area contributed by atoms with Crippen LogP contribution < -0.4 is 10.1 Å². The molecule has 24 heavy (non-hydrogen) atoms. The Hall–Kier alpha value is -1.99. The van der Waals surface area contributed by atoms with Gasteiger partial charge in [-0.2, -0.15) is 0 Å². The molecule has 0 aliphatic carbocycles. The Morgan fingerprint density at radius 3 is 2.79 bits per heavy atom. The molecule has 7 heteroatoms. The summed E-state index contributed by atoms with van der Waals surface area (Å²) < 4.78 is 10.6. The van der Waals surface area contributed by atoms with Crippen LogP contribution in [-0.4, -0.2) is 54.5 Å². The SMILES string of the molecule is COC[C@H]1C(C)=CS[C@@H]2[C@H](NC(=O)COc3ccccc3)C(=O)N21. The number of nitrogens with zero attached hydrogens (tertiary/aromatic N) is 1. The molecule has 0 radical (unpaired) electrons. The first-order chi connectivity index (χ1) is 11.6. The van der Waals surface area contributed by atoms with Gasteiger partial charge in [-0.3, -0.25) is 9.59 Å². The van der Waals surface area contributed by atoms with Gasteiger partial charge in [0, 0.05) is 7.11 Å². The number of fused-ring (bicyclic) bond motifs is 1. The molecule has 0 spiro atoms. The van der Waals surface area contributed by atoms with Crippen molar-refractivity contribution < 1.29 is 19.1 Å². The molecule has 0 bridgehead atoms. The Morgan fingerprint density at radius 1 is 1.33 bits per heavy atom. The molecule has 0 unspecified atom stereocenters. The zero-order chi connectivity index (χ0) is 17.1. The fourth-order valence-corrected chi connectivity index (χ4v) is 4.05. The summed E-state index contributed by atoms with van der Waals surface area (Å²) in [5, 5.41) is 4.72. The molecule has 1 N–H and O–H groups in total. The van der Waals surface area contributed by atoms with Crippen molar-refractivity contribution in [2.45, 2.75) is 24.4 Å². The van der Waals surface area contributed by atoms with E-state index >= 15 is 0 Å². The Labute approximate surface area is 145 Å². The minimum atomic E-state index is -0.509. The maximum Gasteiger partial charge on any atom is 0.258 e. The van der Waals surface area contributed by atoms with Crippen molar-refractivity contribution in [2.24, 2.45) is 0 Å². The van der Waals surface area contributed by atoms with E-state index in [2.05, 4.69) is 5.32 Å². The summed E-state index contributed by atoms with van der Waals surface area (Å²) in [6, 6.07) is 8.55. The fraction of sp³-hybridized carbons (Fsp3) is 0.412. The number of carbonyl (C=O) groups excluding carboxylic acids is 2. The standard InChI is InChI=1S/C17H20N2O4S/c1-11-10-24-17-15(16(21)19(17)13(11)8-22-2)18-14(20)9-23-12-6-4-3-5-7-12/h3-7,10,13,15,17H,8-9H2,1-2H3,(H,18,20)/t13-,15+,17+/m0/s1. The van der Waals surface area contributed by atoms with Gasteiger partial charge in [-0.1, -0.05) is 18.2 Å². The Kier molecular flexibility index (Phi) is 5.11. The third-order valence-corrected chi connectivity index (χ3v) is 5.37. The number of thioether (sulfide) groups is 1. The number of amides is 2. The van der Waals surface area contributed by atoms with Crippen LogP contribution in [0.3, 0.4) is 0 Å². The van der Waals surface area contributed by atoms with Crippen LogP contribution in [0.1, 0.15) is 6.92 Å². The summed E-state index contributed by atoms with van der Waals surface area (Å²) in [6.07, 6.45) is 0. The summed E-state index contributed by atoms with van der Waals surface area (Å²) in [5.41, 5.74) is 1.10. The number of rotatable bonds is 6. The number of nitrogens with one attached hydrogen (secondary N) is 1. The lowest BCUT2D eigenvalue weighted by molar-refractivity contribution is -0.152. The summed E-state index contributed by atoms with van der Waals surface area (Å²) >= 11 is 1.55. The molecule has 2 aliphatic rings. The first-order valence-electron chi connectivity index (χ1n) is 7.72. The van der Waals surface area contributed by atoms with Crippen LogP contribution in [0.4, 0.5) is 0 Å². The first-order valence-corrected chi connectivity index (χ1v) is 8.66. The van der Waals surface area contributed by atoms with Crippen molar-refractivity contribution in [2.75, 3.05) is 20.3 Å². The van der Waals surface area contributed by atoms with Crippen molar-refractivity contribution in [3.8, 4) is 5.75 Å². The molecule has 0 saturated carbocycles. The quantitative estimate of drug-likeness (QED) is 0.787. The monoisotopic (exact) mass is 348 g/mol. The number of ether oxygens (including phenoxy) is 2. The molecule has 2 amide bonds. The highest BCUT2D eigenvalue weighted by Crippen LogP contribution is 2.39. The number of benzene rings is 1. The molecule has 2 aliphatic heterocycles. The molecule has 2 heterocycles. The average molecular weight is 348 g/mol. The second-order valence-corrected chi connectivity index (χ2v) is 6.74. The largest absolute Gasteiger partial charge is 0.484 e. The molecule has 1 aromatic rings. The second-order valence-electron chi connectivity index (χ2n) is 5.75. The lowest BCUT2D eigenvalue weighted by Crippen LogP contribution is -2.73. The number of carbonyl (C=O) groups is 2. The number of methoxy groups -OCH3 is 1. The number of β-lactam (4-membered cyclic amide) rings is 1. The highest BCUT2D eigenvalue weighted by atomic mass is 32.2. The molecular formula is C17H20N2O4S. The fourth-order valence-electron chi connectivity index (χ4n) is 2.82. The molecule has 6 nitrogen and oxygen atoms in total.